The third-order valence-corrected chi connectivity index (χ3v) is 4.19. The van der Waals surface area contributed by atoms with Crippen LogP contribution in [0, 0.1) is 17.0 Å². The van der Waals surface area contributed by atoms with Crippen LogP contribution in [0.2, 0.25) is 0 Å². The molecule has 7 heteroatoms. The van der Waals surface area contributed by atoms with E-state index in [0.717, 1.165) is 11.3 Å². The van der Waals surface area contributed by atoms with Crippen LogP contribution in [0.5, 0.6) is 5.75 Å². The third kappa shape index (κ3) is 3.13. The second-order valence-electron chi connectivity index (χ2n) is 6.11. The first kappa shape index (κ1) is 16.8. The van der Waals surface area contributed by atoms with Gasteiger partial charge in [-0.3, -0.25) is 14.9 Å². The van der Waals surface area contributed by atoms with Crippen LogP contribution < -0.4 is 14.5 Å². The van der Waals surface area contributed by atoms with E-state index in [2.05, 4.69) is 0 Å². The number of nitrogens with zero attached hydrogens (tertiary/aromatic N) is 3. The molecule has 1 amide bonds. The van der Waals surface area contributed by atoms with Gasteiger partial charge in [0.1, 0.15) is 12.4 Å². The van der Waals surface area contributed by atoms with E-state index in [-0.39, 0.29) is 11.6 Å². The van der Waals surface area contributed by atoms with Gasteiger partial charge in [-0.15, -0.1) is 0 Å². The number of hydrogen-bond donors (Lipinski definition) is 0. The Labute approximate surface area is 145 Å². The predicted molar refractivity (Wildman–Crippen MR) is 95.8 cm³/mol. The highest BCUT2D eigenvalue weighted by molar-refractivity contribution is 6.07. The molecule has 1 heterocycles. The predicted octanol–water partition coefficient (Wildman–Crippen LogP) is 3.01. The lowest BCUT2D eigenvalue weighted by molar-refractivity contribution is -0.384. The summed E-state index contributed by atoms with van der Waals surface area (Å²) in [6.07, 6.45) is 0. The zero-order valence-corrected chi connectivity index (χ0v) is 14.4. The summed E-state index contributed by atoms with van der Waals surface area (Å²) in [6.45, 7) is 2.65. The smallest absolute Gasteiger partial charge is 0.271 e. The maximum atomic E-state index is 13.0. The highest BCUT2D eigenvalue weighted by Crippen LogP contribution is 2.35. The van der Waals surface area contributed by atoms with Crippen molar-refractivity contribution in [3.63, 3.8) is 0 Å². The second-order valence-corrected chi connectivity index (χ2v) is 6.11. The molecule has 1 aliphatic rings. The molecule has 2 aromatic rings. The van der Waals surface area contributed by atoms with Gasteiger partial charge >= 0.3 is 0 Å². The van der Waals surface area contributed by atoms with Crippen molar-refractivity contribution in [1.29, 1.82) is 0 Å². The number of carbonyl (C=O) groups excluding carboxylic acids is 1. The largest absolute Gasteiger partial charge is 0.490 e. The maximum absolute atomic E-state index is 13.0. The number of fused-ring (bicyclic) bond motifs is 1. The van der Waals surface area contributed by atoms with E-state index >= 15 is 0 Å². The fourth-order valence-electron chi connectivity index (χ4n) is 2.98. The molecular formula is C18H19N3O4. The van der Waals surface area contributed by atoms with E-state index in [4.69, 9.17) is 4.74 Å². The molecule has 0 saturated heterocycles. The van der Waals surface area contributed by atoms with Crippen molar-refractivity contribution < 1.29 is 14.5 Å². The van der Waals surface area contributed by atoms with Crippen LogP contribution >= 0.6 is 0 Å². The normalized spacial score (nSPS) is 13.0. The molecule has 2 aromatic carbocycles. The molecule has 25 heavy (non-hydrogen) atoms. The van der Waals surface area contributed by atoms with Crippen molar-refractivity contribution in [2.24, 2.45) is 0 Å². The van der Waals surface area contributed by atoms with E-state index in [0.29, 0.717) is 30.2 Å². The van der Waals surface area contributed by atoms with Gasteiger partial charge in [0, 0.05) is 37.5 Å². The molecule has 0 aromatic heterocycles. The Balaban J connectivity index is 1.98. The minimum Gasteiger partial charge on any atom is -0.490 e. The van der Waals surface area contributed by atoms with Gasteiger partial charge in [0.2, 0.25) is 0 Å². The van der Waals surface area contributed by atoms with Crippen LogP contribution in [0.3, 0.4) is 0 Å². The van der Waals surface area contributed by atoms with Gasteiger partial charge < -0.3 is 14.5 Å². The van der Waals surface area contributed by atoms with Gasteiger partial charge in [0.25, 0.3) is 11.6 Å². The Morgan fingerprint density at radius 3 is 2.64 bits per heavy atom. The molecule has 3 rings (SSSR count). The topological polar surface area (TPSA) is 75.9 Å². The third-order valence-electron chi connectivity index (χ3n) is 4.19. The van der Waals surface area contributed by atoms with Crippen molar-refractivity contribution in [2.45, 2.75) is 6.92 Å². The zero-order chi connectivity index (χ0) is 18.1. The summed E-state index contributed by atoms with van der Waals surface area (Å²) >= 11 is 0. The van der Waals surface area contributed by atoms with Crippen LogP contribution in [0.15, 0.2) is 36.4 Å². The average molecular weight is 341 g/mol. The van der Waals surface area contributed by atoms with Gasteiger partial charge in [0.05, 0.1) is 17.2 Å². The van der Waals surface area contributed by atoms with Crippen molar-refractivity contribution in [1.82, 2.24) is 0 Å². The molecule has 0 saturated carbocycles. The van der Waals surface area contributed by atoms with Crippen LogP contribution in [-0.4, -0.2) is 38.1 Å². The number of benzene rings is 2. The quantitative estimate of drug-likeness (QED) is 0.633. The number of nitro benzene ring substituents is 1. The van der Waals surface area contributed by atoms with Crippen LogP contribution in [0.1, 0.15) is 15.9 Å². The van der Waals surface area contributed by atoms with Crippen LogP contribution in [0.25, 0.3) is 0 Å². The highest BCUT2D eigenvalue weighted by atomic mass is 16.6. The molecule has 0 atom stereocenters. The molecule has 0 spiro atoms. The number of ether oxygens (including phenoxy) is 1. The summed E-state index contributed by atoms with van der Waals surface area (Å²) in [5, 5.41) is 11.0. The van der Waals surface area contributed by atoms with Crippen LogP contribution in [0.4, 0.5) is 17.1 Å². The fourth-order valence-corrected chi connectivity index (χ4v) is 2.98. The Morgan fingerprint density at radius 2 is 2.00 bits per heavy atom. The summed E-state index contributed by atoms with van der Waals surface area (Å²) in [6, 6.07) is 9.81. The van der Waals surface area contributed by atoms with E-state index in [9.17, 15) is 14.9 Å². The van der Waals surface area contributed by atoms with Gasteiger partial charge in [-0.2, -0.15) is 0 Å². The van der Waals surface area contributed by atoms with Crippen molar-refractivity contribution >= 4 is 23.0 Å². The first-order valence-electron chi connectivity index (χ1n) is 7.89. The minimum absolute atomic E-state index is 0.0683. The molecule has 1 aliphatic heterocycles. The number of hydrogen-bond acceptors (Lipinski definition) is 5. The van der Waals surface area contributed by atoms with Crippen molar-refractivity contribution in [3.8, 4) is 5.75 Å². The molecule has 0 aliphatic carbocycles. The lowest BCUT2D eigenvalue weighted by Gasteiger charge is -2.29. The number of carbonyl (C=O) groups is 1. The number of amides is 1. The SMILES string of the molecule is Cc1cc(C(=O)N2CCOc3ccc([N+](=O)[O-])cc32)ccc1N(C)C. The molecule has 0 N–H and O–H groups in total. The first-order valence-corrected chi connectivity index (χ1v) is 7.89. The van der Waals surface area contributed by atoms with E-state index in [1.54, 1.807) is 6.07 Å². The van der Waals surface area contributed by atoms with E-state index in [1.165, 1.54) is 23.1 Å². The minimum atomic E-state index is -0.479. The zero-order valence-electron chi connectivity index (χ0n) is 14.4. The molecule has 0 bridgehead atoms. The molecule has 0 unspecified atom stereocenters. The highest BCUT2D eigenvalue weighted by Gasteiger charge is 2.27. The average Bonchev–Trinajstić information content (AvgIpc) is 2.59. The summed E-state index contributed by atoms with van der Waals surface area (Å²) in [5.41, 5.74) is 2.93. The number of aryl methyl sites for hydroxylation is 1. The number of non-ortho nitro benzene ring substituents is 1. The number of anilines is 2. The maximum Gasteiger partial charge on any atom is 0.271 e. The van der Waals surface area contributed by atoms with Crippen molar-refractivity contribution in [3.05, 3.63) is 57.6 Å². The first-order chi connectivity index (χ1) is 11.9. The monoisotopic (exact) mass is 341 g/mol. The van der Waals surface area contributed by atoms with Gasteiger partial charge in [0.15, 0.2) is 0 Å². The Bertz CT molecular complexity index is 848. The van der Waals surface area contributed by atoms with Gasteiger partial charge in [-0.1, -0.05) is 0 Å². The van der Waals surface area contributed by atoms with E-state index < -0.39 is 4.92 Å². The Morgan fingerprint density at radius 1 is 1.24 bits per heavy atom. The Hall–Kier alpha value is -3.09. The summed E-state index contributed by atoms with van der Waals surface area (Å²) < 4.78 is 5.53. The molecule has 0 radical (unpaired) electrons. The number of rotatable bonds is 3. The molecule has 0 fully saturated rings. The summed E-state index contributed by atoms with van der Waals surface area (Å²) in [4.78, 5) is 27.0. The second kappa shape index (κ2) is 6.43. The standard InChI is InChI=1S/C18H19N3O4/c1-12-10-13(4-6-15(12)19(2)3)18(22)20-8-9-25-17-7-5-14(21(23)24)11-16(17)20/h4-7,10-11H,8-9H2,1-3H3. The Kier molecular flexibility index (Phi) is 4.31. The lowest BCUT2D eigenvalue weighted by atomic mass is 10.1. The van der Waals surface area contributed by atoms with Gasteiger partial charge in [-0.25, -0.2) is 0 Å². The summed E-state index contributed by atoms with van der Waals surface area (Å²) in [7, 11) is 3.89. The molecular weight excluding hydrogens is 322 g/mol. The molecule has 7 nitrogen and oxygen atoms in total. The van der Waals surface area contributed by atoms with E-state index in [1.807, 2.05) is 38.1 Å². The van der Waals surface area contributed by atoms with Crippen LogP contribution in [-0.2, 0) is 0 Å². The fraction of sp³-hybridized carbons (Fsp3) is 0.278. The number of nitro groups is 1. The molecule has 130 valence electrons. The van der Waals surface area contributed by atoms with Gasteiger partial charge in [-0.05, 0) is 36.8 Å². The lowest BCUT2D eigenvalue weighted by Crippen LogP contribution is -2.38. The van der Waals surface area contributed by atoms with Crippen molar-refractivity contribution in [2.75, 3.05) is 37.0 Å². The summed E-state index contributed by atoms with van der Waals surface area (Å²) in [5.74, 6) is 0.283.